The van der Waals surface area contributed by atoms with Crippen LogP contribution in [0.3, 0.4) is 0 Å². The van der Waals surface area contributed by atoms with Gasteiger partial charge in [-0.2, -0.15) is 0 Å². The quantitative estimate of drug-likeness (QED) is 0.907. The van der Waals surface area contributed by atoms with E-state index in [1.165, 1.54) is 28.5 Å². The summed E-state index contributed by atoms with van der Waals surface area (Å²) in [5, 5.41) is 1.18. The maximum Gasteiger partial charge on any atom is 0.185 e. The van der Waals surface area contributed by atoms with Crippen LogP contribution in [0.1, 0.15) is 49.6 Å². The van der Waals surface area contributed by atoms with Gasteiger partial charge in [0.1, 0.15) is 0 Å². The number of anilines is 1. The number of thiazole rings is 1. The van der Waals surface area contributed by atoms with Crippen LogP contribution in [0.25, 0.3) is 0 Å². The van der Waals surface area contributed by atoms with E-state index in [9.17, 15) is 0 Å². The molecule has 1 fully saturated rings. The van der Waals surface area contributed by atoms with Gasteiger partial charge in [-0.25, -0.2) is 4.98 Å². The van der Waals surface area contributed by atoms with E-state index < -0.39 is 0 Å². The largest absolute Gasteiger partial charge is 0.348 e. The average molecular weight is 296 g/mol. The molecule has 20 heavy (non-hydrogen) atoms. The predicted molar refractivity (Wildman–Crippen MR) is 87.6 cm³/mol. The molecule has 0 bridgehead atoms. The lowest BCUT2D eigenvalue weighted by Crippen LogP contribution is -2.41. The first-order chi connectivity index (χ1) is 9.56. The molecule has 1 unspecified atom stereocenters. The van der Waals surface area contributed by atoms with Gasteiger partial charge in [-0.15, -0.1) is 11.3 Å². The summed E-state index contributed by atoms with van der Waals surface area (Å²) in [4.78, 5) is 10.9. The van der Waals surface area contributed by atoms with Gasteiger partial charge in [-0.3, -0.25) is 0 Å². The molecular weight excluding hydrogens is 268 g/mol. The summed E-state index contributed by atoms with van der Waals surface area (Å²) in [5.74, 6) is 0.512. The zero-order chi connectivity index (χ0) is 14.7. The molecule has 2 rings (SSSR count). The van der Waals surface area contributed by atoms with E-state index in [1.54, 1.807) is 11.3 Å². The summed E-state index contributed by atoms with van der Waals surface area (Å²) in [7, 11) is 4.36. The second-order valence-corrected chi connectivity index (χ2v) is 7.06. The molecule has 114 valence electrons. The normalized spacial score (nSPS) is 18.8. The number of hydrogen-bond donors (Lipinski definition) is 1. The molecular formula is C15H28N4S. The van der Waals surface area contributed by atoms with Crippen molar-refractivity contribution >= 4 is 16.5 Å². The Kier molecular flexibility index (Phi) is 5.41. The monoisotopic (exact) mass is 296 g/mol. The molecule has 0 spiro atoms. The third-order valence-electron chi connectivity index (χ3n) is 4.45. The van der Waals surface area contributed by atoms with Crippen molar-refractivity contribution < 1.29 is 0 Å². The van der Waals surface area contributed by atoms with Crippen molar-refractivity contribution in [2.75, 3.05) is 32.1 Å². The Morgan fingerprint density at radius 2 is 2.05 bits per heavy atom. The summed E-state index contributed by atoms with van der Waals surface area (Å²) in [6.07, 6.45) is 3.57. The van der Waals surface area contributed by atoms with E-state index in [2.05, 4.69) is 37.7 Å². The van der Waals surface area contributed by atoms with E-state index in [0.29, 0.717) is 18.5 Å². The van der Waals surface area contributed by atoms with Crippen molar-refractivity contribution in [1.82, 2.24) is 9.88 Å². The van der Waals surface area contributed by atoms with Crippen molar-refractivity contribution in [3.63, 3.8) is 0 Å². The fourth-order valence-electron chi connectivity index (χ4n) is 2.78. The Balaban J connectivity index is 2.08. The van der Waals surface area contributed by atoms with Gasteiger partial charge >= 0.3 is 0 Å². The molecule has 1 saturated heterocycles. The maximum absolute atomic E-state index is 5.89. The Hall–Kier alpha value is -0.650. The molecule has 4 nitrogen and oxygen atoms in total. The summed E-state index contributed by atoms with van der Waals surface area (Å²) < 4.78 is 0. The van der Waals surface area contributed by atoms with E-state index >= 15 is 0 Å². The number of piperidine rings is 1. The van der Waals surface area contributed by atoms with Gasteiger partial charge in [0.2, 0.25) is 0 Å². The van der Waals surface area contributed by atoms with Crippen LogP contribution in [0.5, 0.6) is 0 Å². The summed E-state index contributed by atoms with van der Waals surface area (Å²) in [6.45, 7) is 7.30. The standard InChI is InChI=1S/C15H28N4S/c1-5-11(2)14-13(10-16)20-15(17-14)19-8-6-12(7-9-19)18(3)4/h11-12H,5-10,16H2,1-4H3. The van der Waals surface area contributed by atoms with Crippen LogP contribution in [0.4, 0.5) is 5.13 Å². The number of rotatable bonds is 5. The van der Waals surface area contributed by atoms with Gasteiger partial charge < -0.3 is 15.5 Å². The lowest BCUT2D eigenvalue weighted by molar-refractivity contribution is 0.249. The first-order valence-corrected chi connectivity index (χ1v) is 8.49. The predicted octanol–water partition coefficient (Wildman–Crippen LogP) is 2.65. The minimum Gasteiger partial charge on any atom is -0.348 e. The van der Waals surface area contributed by atoms with Crippen molar-refractivity contribution in [3.05, 3.63) is 10.6 Å². The summed E-state index contributed by atoms with van der Waals surface area (Å²) in [6, 6.07) is 0.717. The molecule has 2 N–H and O–H groups in total. The first-order valence-electron chi connectivity index (χ1n) is 7.67. The summed E-state index contributed by atoms with van der Waals surface area (Å²) >= 11 is 1.80. The van der Waals surface area contributed by atoms with Crippen LogP contribution in [0.2, 0.25) is 0 Å². The van der Waals surface area contributed by atoms with Crippen molar-refractivity contribution in [2.24, 2.45) is 5.73 Å². The Morgan fingerprint density at radius 3 is 2.55 bits per heavy atom. The smallest absolute Gasteiger partial charge is 0.185 e. The number of aromatic nitrogens is 1. The lowest BCUT2D eigenvalue weighted by atomic mass is 10.0. The molecule has 1 aromatic heterocycles. The first kappa shape index (κ1) is 15.7. The van der Waals surface area contributed by atoms with E-state index in [1.807, 2.05) is 0 Å². The zero-order valence-electron chi connectivity index (χ0n) is 13.2. The average Bonchev–Trinajstić information content (AvgIpc) is 2.90. The van der Waals surface area contributed by atoms with E-state index in [-0.39, 0.29) is 0 Å². The molecule has 0 radical (unpaired) electrons. The van der Waals surface area contributed by atoms with Crippen LogP contribution >= 0.6 is 11.3 Å². The molecule has 1 aliphatic heterocycles. The molecule has 0 aliphatic carbocycles. The van der Waals surface area contributed by atoms with Gasteiger partial charge in [0.25, 0.3) is 0 Å². The minimum absolute atomic E-state index is 0.512. The Bertz CT molecular complexity index is 422. The fraction of sp³-hybridized carbons (Fsp3) is 0.800. The molecule has 1 aromatic rings. The molecule has 1 atom stereocenters. The highest BCUT2D eigenvalue weighted by molar-refractivity contribution is 7.15. The Labute approximate surface area is 127 Å². The highest BCUT2D eigenvalue weighted by Crippen LogP contribution is 2.33. The highest BCUT2D eigenvalue weighted by atomic mass is 32.1. The van der Waals surface area contributed by atoms with Crippen molar-refractivity contribution in [1.29, 1.82) is 0 Å². The lowest BCUT2D eigenvalue weighted by Gasteiger charge is -2.35. The number of nitrogens with two attached hydrogens (primary N) is 1. The summed E-state index contributed by atoms with van der Waals surface area (Å²) in [5.41, 5.74) is 7.12. The van der Waals surface area contributed by atoms with Crippen molar-refractivity contribution in [3.8, 4) is 0 Å². The number of hydrogen-bond acceptors (Lipinski definition) is 5. The van der Waals surface area contributed by atoms with E-state index in [4.69, 9.17) is 10.7 Å². The topological polar surface area (TPSA) is 45.4 Å². The second-order valence-electron chi connectivity index (χ2n) is 6.00. The zero-order valence-corrected chi connectivity index (χ0v) is 14.0. The SMILES string of the molecule is CCC(C)c1nc(N2CCC(N(C)C)CC2)sc1CN. The van der Waals surface area contributed by atoms with Crippen LogP contribution in [0, 0.1) is 0 Å². The third-order valence-corrected chi connectivity index (χ3v) is 5.60. The maximum atomic E-state index is 5.89. The van der Waals surface area contributed by atoms with Gasteiger partial charge in [0.05, 0.1) is 5.69 Å². The fourth-order valence-corrected chi connectivity index (χ4v) is 3.89. The second kappa shape index (κ2) is 6.87. The molecule has 5 heteroatoms. The van der Waals surface area contributed by atoms with Gasteiger partial charge in [-0.1, -0.05) is 13.8 Å². The van der Waals surface area contributed by atoms with Gasteiger partial charge in [-0.05, 0) is 39.3 Å². The molecule has 0 amide bonds. The molecule has 2 heterocycles. The number of nitrogens with zero attached hydrogens (tertiary/aromatic N) is 3. The van der Waals surface area contributed by atoms with Crippen molar-refractivity contribution in [2.45, 2.75) is 51.6 Å². The molecule has 0 aromatic carbocycles. The van der Waals surface area contributed by atoms with Crippen LogP contribution in [0.15, 0.2) is 0 Å². The molecule has 0 saturated carbocycles. The molecule has 1 aliphatic rings. The Morgan fingerprint density at radius 1 is 1.40 bits per heavy atom. The van der Waals surface area contributed by atoms with Crippen LogP contribution in [-0.2, 0) is 6.54 Å². The van der Waals surface area contributed by atoms with E-state index in [0.717, 1.165) is 19.5 Å². The highest BCUT2D eigenvalue weighted by Gasteiger charge is 2.24. The van der Waals surface area contributed by atoms with Crippen LogP contribution < -0.4 is 10.6 Å². The van der Waals surface area contributed by atoms with Gasteiger partial charge in [0, 0.05) is 30.6 Å². The van der Waals surface area contributed by atoms with Crippen LogP contribution in [-0.4, -0.2) is 43.1 Å². The van der Waals surface area contributed by atoms with Gasteiger partial charge in [0.15, 0.2) is 5.13 Å². The third kappa shape index (κ3) is 3.32. The minimum atomic E-state index is 0.512.